The van der Waals surface area contributed by atoms with Crippen LogP contribution in [0.1, 0.15) is 19.8 Å². The number of nitrogens with zero attached hydrogens (tertiary/aromatic N) is 1. The minimum absolute atomic E-state index is 0.0493. The third kappa shape index (κ3) is 5.43. The van der Waals surface area contributed by atoms with Crippen LogP contribution in [0.4, 0.5) is 5.69 Å². The number of hydrogen-bond donors (Lipinski definition) is 1. The van der Waals surface area contributed by atoms with E-state index in [0.717, 1.165) is 0 Å². The van der Waals surface area contributed by atoms with Gasteiger partial charge in [-0.05, 0) is 44.0 Å². The maximum absolute atomic E-state index is 12.1. The Labute approximate surface area is 153 Å². The van der Waals surface area contributed by atoms with Crippen molar-refractivity contribution in [3.05, 3.63) is 24.3 Å². The van der Waals surface area contributed by atoms with Crippen LogP contribution in [0.3, 0.4) is 0 Å². The second-order valence-electron chi connectivity index (χ2n) is 5.96. The molecule has 0 aromatic heterocycles. The van der Waals surface area contributed by atoms with Gasteiger partial charge in [0.15, 0.2) is 6.61 Å². The van der Waals surface area contributed by atoms with Crippen LogP contribution in [0.15, 0.2) is 24.3 Å². The highest BCUT2D eigenvalue weighted by Crippen LogP contribution is 2.21. The normalized spacial score (nSPS) is 16.1. The summed E-state index contributed by atoms with van der Waals surface area (Å²) in [6.07, 6.45) is 0.802. The maximum Gasteiger partial charge on any atom is 0.309 e. The van der Waals surface area contributed by atoms with Gasteiger partial charge in [-0.15, -0.1) is 0 Å². The van der Waals surface area contributed by atoms with Crippen LogP contribution in [0.5, 0.6) is 5.75 Å². The number of hydrogen-bond acceptors (Lipinski definition) is 6. The Kier molecular flexibility index (Phi) is 6.98. The fourth-order valence-electron chi connectivity index (χ4n) is 2.68. The molecule has 1 amide bonds. The largest absolute Gasteiger partial charge is 0.497 e. The Morgan fingerprint density at radius 3 is 2.35 bits per heavy atom. The summed E-state index contributed by atoms with van der Waals surface area (Å²) in [7, 11) is -1.68. The summed E-state index contributed by atoms with van der Waals surface area (Å²) < 4.78 is 35.1. The first-order valence-electron chi connectivity index (χ1n) is 8.44. The first kappa shape index (κ1) is 20.2. The molecular weight excluding hydrogens is 360 g/mol. The number of sulfonamides is 1. The third-order valence-corrected chi connectivity index (χ3v) is 6.15. The van der Waals surface area contributed by atoms with Crippen LogP contribution in [0.25, 0.3) is 0 Å². The molecule has 8 nitrogen and oxygen atoms in total. The highest BCUT2D eigenvalue weighted by Gasteiger charge is 2.31. The fourth-order valence-corrected chi connectivity index (χ4v) is 3.81. The summed E-state index contributed by atoms with van der Waals surface area (Å²) in [6, 6.07) is 6.78. The van der Waals surface area contributed by atoms with Crippen molar-refractivity contribution >= 4 is 27.6 Å². The number of ether oxygens (including phenoxy) is 2. The van der Waals surface area contributed by atoms with E-state index in [9.17, 15) is 18.0 Å². The molecule has 9 heteroatoms. The SMILES string of the molecule is CCS(=O)(=O)N1CCC(C(=O)OCC(=O)Nc2ccc(OC)cc2)CC1. The predicted octanol–water partition coefficient (Wildman–Crippen LogP) is 1.24. The summed E-state index contributed by atoms with van der Waals surface area (Å²) in [4.78, 5) is 23.9. The van der Waals surface area contributed by atoms with Gasteiger partial charge in [0.25, 0.3) is 5.91 Å². The number of amides is 1. The van der Waals surface area contributed by atoms with Crippen molar-refractivity contribution in [3.8, 4) is 5.75 Å². The smallest absolute Gasteiger partial charge is 0.309 e. The number of rotatable bonds is 7. The van der Waals surface area contributed by atoms with Crippen LogP contribution in [0.2, 0.25) is 0 Å². The highest BCUT2D eigenvalue weighted by atomic mass is 32.2. The number of esters is 1. The molecule has 1 aliphatic heterocycles. The molecule has 1 aromatic rings. The average molecular weight is 384 g/mol. The maximum atomic E-state index is 12.1. The second-order valence-corrected chi connectivity index (χ2v) is 8.22. The summed E-state index contributed by atoms with van der Waals surface area (Å²) >= 11 is 0. The van der Waals surface area contributed by atoms with Gasteiger partial charge in [-0.2, -0.15) is 0 Å². The molecule has 0 radical (unpaired) electrons. The summed E-state index contributed by atoms with van der Waals surface area (Å²) in [5.41, 5.74) is 0.574. The van der Waals surface area contributed by atoms with E-state index in [1.54, 1.807) is 38.3 Å². The first-order valence-corrected chi connectivity index (χ1v) is 10.0. The van der Waals surface area contributed by atoms with Crippen molar-refractivity contribution in [2.75, 3.05) is 37.9 Å². The summed E-state index contributed by atoms with van der Waals surface area (Å²) in [6.45, 7) is 1.82. The lowest BCUT2D eigenvalue weighted by molar-refractivity contribution is -0.152. The molecule has 1 aromatic carbocycles. The molecule has 1 aliphatic rings. The third-order valence-electron chi connectivity index (χ3n) is 4.26. The van der Waals surface area contributed by atoms with Crippen LogP contribution >= 0.6 is 0 Å². The molecule has 1 N–H and O–H groups in total. The molecule has 1 heterocycles. The lowest BCUT2D eigenvalue weighted by Gasteiger charge is -2.29. The second kappa shape index (κ2) is 9.00. The summed E-state index contributed by atoms with van der Waals surface area (Å²) in [5.74, 6) is -0.566. The zero-order valence-electron chi connectivity index (χ0n) is 14.9. The van der Waals surface area contributed by atoms with Gasteiger partial charge in [0, 0.05) is 18.8 Å². The van der Waals surface area contributed by atoms with E-state index in [1.807, 2.05) is 0 Å². The van der Waals surface area contributed by atoms with Crippen LogP contribution in [-0.2, 0) is 24.3 Å². The Hall–Kier alpha value is -2.13. The van der Waals surface area contributed by atoms with Crippen LogP contribution in [-0.4, -0.2) is 57.2 Å². The quantitative estimate of drug-likeness (QED) is 0.710. The Balaban J connectivity index is 1.75. The Morgan fingerprint density at radius 2 is 1.81 bits per heavy atom. The van der Waals surface area contributed by atoms with Gasteiger partial charge < -0.3 is 14.8 Å². The van der Waals surface area contributed by atoms with E-state index >= 15 is 0 Å². The van der Waals surface area contributed by atoms with Crippen LogP contribution < -0.4 is 10.1 Å². The van der Waals surface area contributed by atoms with E-state index < -0.39 is 21.9 Å². The van der Waals surface area contributed by atoms with Gasteiger partial charge in [-0.1, -0.05) is 0 Å². The monoisotopic (exact) mass is 384 g/mol. The van der Waals surface area contributed by atoms with Crippen LogP contribution in [0, 0.1) is 5.92 Å². The number of benzene rings is 1. The minimum Gasteiger partial charge on any atom is -0.497 e. The van der Waals surface area contributed by atoms with Gasteiger partial charge in [0.05, 0.1) is 18.8 Å². The van der Waals surface area contributed by atoms with Crippen molar-refractivity contribution < 1.29 is 27.5 Å². The van der Waals surface area contributed by atoms with Crippen molar-refractivity contribution in [1.82, 2.24) is 4.31 Å². The molecular formula is C17H24N2O6S. The number of carbonyl (C=O) groups excluding carboxylic acids is 2. The zero-order chi connectivity index (χ0) is 19.2. The van der Waals surface area contributed by atoms with Crippen molar-refractivity contribution in [1.29, 1.82) is 0 Å². The van der Waals surface area contributed by atoms with Gasteiger partial charge >= 0.3 is 5.97 Å². The standard InChI is InChI=1S/C17H24N2O6S/c1-3-26(22,23)19-10-8-13(9-11-19)17(21)25-12-16(20)18-14-4-6-15(24-2)7-5-14/h4-7,13H,3,8-12H2,1-2H3,(H,18,20). The molecule has 1 saturated heterocycles. The zero-order valence-corrected chi connectivity index (χ0v) is 15.8. The highest BCUT2D eigenvalue weighted by molar-refractivity contribution is 7.89. The fraction of sp³-hybridized carbons (Fsp3) is 0.529. The van der Waals surface area contributed by atoms with E-state index in [-0.39, 0.29) is 18.3 Å². The van der Waals surface area contributed by atoms with E-state index in [4.69, 9.17) is 9.47 Å². The van der Waals surface area contributed by atoms with Gasteiger partial charge in [-0.3, -0.25) is 9.59 Å². The molecule has 26 heavy (non-hydrogen) atoms. The van der Waals surface area contributed by atoms with Crippen molar-refractivity contribution in [2.24, 2.45) is 5.92 Å². The molecule has 0 atom stereocenters. The van der Waals surface area contributed by atoms with Gasteiger partial charge in [0.2, 0.25) is 10.0 Å². The molecule has 0 saturated carbocycles. The minimum atomic E-state index is -3.23. The van der Waals surface area contributed by atoms with E-state index in [2.05, 4.69) is 5.32 Å². The number of piperidine rings is 1. The molecule has 0 bridgehead atoms. The van der Waals surface area contributed by atoms with Gasteiger partial charge in [0.1, 0.15) is 5.75 Å². The number of nitrogens with one attached hydrogen (secondary N) is 1. The Morgan fingerprint density at radius 1 is 1.19 bits per heavy atom. The molecule has 0 spiro atoms. The predicted molar refractivity (Wildman–Crippen MR) is 96.3 cm³/mol. The number of carbonyl (C=O) groups is 2. The Bertz CT molecular complexity index is 724. The molecule has 1 fully saturated rings. The van der Waals surface area contributed by atoms with Crippen molar-refractivity contribution in [3.63, 3.8) is 0 Å². The lowest BCUT2D eigenvalue weighted by atomic mass is 9.98. The average Bonchev–Trinajstić information content (AvgIpc) is 2.66. The first-order chi connectivity index (χ1) is 12.4. The molecule has 2 rings (SSSR count). The topological polar surface area (TPSA) is 102 Å². The number of methoxy groups -OCH3 is 1. The van der Waals surface area contributed by atoms with E-state index in [1.165, 1.54) is 4.31 Å². The van der Waals surface area contributed by atoms with E-state index in [0.29, 0.717) is 37.4 Å². The van der Waals surface area contributed by atoms with Crippen molar-refractivity contribution in [2.45, 2.75) is 19.8 Å². The molecule has 144 valence electrons. The lowest BCUT2D eigenvalue weighted by Crippen LogP contribution is -2.41. The van der Waals surface area contributed by atoms with Gasteiger partial charge in [-0.25, -0.2) is 12.7 Å². The molecule has 0 unspecified atom stereocenters. The molecule has 0 aliphatic carbocycles. The number of anilines is 1. The summed E-state index contributed by atoms with van der Waals surface area (Å²) in [5, 5.41) is 2.63.